The summed E-state index contributed by atoms with van der Waals surface area (Å²) in [6.45, 7) is 7.06. The zero-order valence-electron chi connectivity index (χ0n) is 11.6. The van der Waals surface area contributed by atoms with Gasteiger partial charge in [-0.3, -0.25) is 5.10 Å². The summed E-state index contributed by atoms with van der Waals surface area (Å²) in [7, 11) is -2.44. The number of hydrogen-bond acceptors (Lipinski definition) is 4. The first-order valence-corrected chi connectivity index (χ1v) is 7.31. The van der Waals surface area contributed by atoms with Gasteiger partial charge in [-0.1, -0.05) is 13.8 Å². The van der Waals surface area contributed by atoms with E-state index in [1.807, 2.05) is 13.8 Å². The van der Waals surface area contributed by atoms with Gasteiger partial charge in [0.25, 0.3) is 0 Å². The van der Waals surface area contributed by atoms with Crippen LogP contribution in [0, 0.1) is 12.8 Å². The molecule has 0 aromatic carbocycles. The number of nitrogens with zero attached hydrogens (tertiary/aromatic N) is 2. The number of aryl methyl sites for hydroxylation is 1. The third-order valence-corrected chi connectivity index (χ3v) is 5.38. The van der Waals surface area contributed by atoms with Crippen LogP contribution in [0.5, 0.6) is 0 Å². The Labute approximate surface area is 112 Å². The molecule has 1 rings (SSSR count). The summed E-state index contributed by atoms with van der Waals surface area (Å²) in [5.74, 6) is -1.26. The summed E-state index contributed by atoms with van der Waals surface area (Å²) in [5.41, 5.74) is -0.250. The molecular formula is C11H19N3O4S. The number of aromatic carboxylic acids is 1. The Kier molecular flexibility index (Phi) is 4.36. The number of sulfonamides is 1. The molecule has 1 atom stereocenters. The second-order valence-electron chi connectivity index (χ2n) is 4.84. The maximum Gasteiger partial charge on any atom is 0.357 e. The minimum absolute atomic E-state index is 0.111. The van der Waals surface area contributed by atoms with Crippen LogP contribution in [0.3, 0.4) is 0 Å². The Balaban J connectivity index is 3.36. The third-order valence-electron chi connectivity index (χ3n) is 3.27. The van der Waals surface area contributed by atoms with Crippen molar-refractivity contribution in [2.45, 2.75) is 38.6 Å². The second-order valence-corrected chi connectivity index (χ2v) is 6.77. The van der Waals surface area contributed by atoms with Crippen molar-refractivity contribution in [2.75, 3.05) is 7.05 Å². The molecule has 108 valence electrons. The van der Waals surface area contributed by atoms with Gasteiger partial charge in [-0.15, -0.1) is 0 Å². The molecule has 1 heterocycles. The fraction of sp³-hybridized carbons (Fsp3) is 0.636. The molecule has 1 aromatic heterocycles. The molecule has 0 amide bonds. The maximum absolute atomic E-state index is 12.5. The predicted molar refractivity (Wildman–Crippen MR) is 69.5 cm³/mol. The van der Waals surface area contributed by atoms with Crippen molar-refractivity contribution in [1.29, 1.82) is 0 Å². The van der Waals surface area contributed by atoms with Gasteiger partial charge in [-0.25, -0.2) is 13.2 Å². The van der Waals surface area contributed by atoms with Crippen LogP contribution in [0.2, 0.25) is 0 Å². The number of carboxylic acid groups (broad SMARTS) is 1. The Morgan fingerprint density at radius 1 is 1.37 bits per heavy atom. The van der Waals surface area contributed by atoms with Crippen LogP contribution in [-0.2, 0) is 10.0 Å². The minimum atomic E-state index is -3.89. The number of carbonyl (C=O) groups is 1. The first-order chi connectivity index (χ1) is 8.60. The average molecular weight is 289 g/mol. The zero-order valence-corrected chi connectivity index (χ0v) is 12.4. The van der Waals surface area contributed by atoms with E-state index in [0.29, 0.717) is 0 Å². The van der Waals surface area contributed by atoms with E-state index in [1.165, 1.54) is 18.3 Å². The molecule has 0 radical (unpaired) electrons. The topological polar surface area (TPSA) is 103 Å². The smallest absolute Gasteiger partial charge is 0.357 e. The van der Waals surface area contributed by atoms with Crippen LogP contribution in [-0.4, -0.2) is 47.1 Å². The molecule has 8 heteroatoms. The first-order valence-electron chi connectivity index (χ1n) is 5.87. The number of rotatable bonds is 5. The van der Waals surface area contributed by atoms with E-state index in [0.717, 1.165) is 0 Å². The lowest BCUT2D eigenvalue weighted by molar-refractivity contribution is 0.0686. The number of aromatic amines is 1. The van der Waals surface area contributed by atoms with Crippen molar-refractivity contribution in [3.63, 3.8) is 0 Å². The Hall–Kier alpha value is -1.41. The molecule has 0 aliphatic carbocycles. The predicted octanol–water partition coefficient (Wildman–Crippen LogP) is 1.08. The molecular weight excluding hydrogens is 270 g/mol. The van der Waals surface area contributed by atoms with Crippen LogP contribution >= 0.6 is 0 Å². The van der Waals surface area contributed by atoms with Crippen molar-refractivity contribution in [3.8, 4) is 0 Å². The number of hydrogen-bond donors (Lipinski definition) is 2. The zero-order chi connectivity index (χ0) is 15.0. The van der Waals surface area contributed by atoms with Gasteiger partial charge >= 0.3 is 5.97 Å². The maximum atomic E-state index is 12.5. The summed E-state index contributed by atoms with van der Waals surface area (Å²) in [6.07, 6.45) is 0. The third kappa shape index (κ3) is 2.79. The highest BCUT2D eigenvalue weighted by molar-refractivity contribution is 7.89. The summed E-state index contributed by atoms with van der Waals surface area (Å²) in [6, 6.07) is -0.249. The van der Waals surface area contributed by atoms with Gasteiger partial charge in [0.1, 0.15) is 4.90 Å². The highest BCUT2D eigenvalue weighted by Crippen LogP contribution is 2.24. The van der Waals surface area contributed by atoms with Gasteiger partial charge in [0.05, 0.1) is 5.69 Å². The van der Waals surface area contributed by atoms with Gasteiger partial charge in [0.15, 0.2) is 5.69 Å². The SMILES string of the molecule is Cc1[nH]nc(C(=O)O)c1S(=O)(=O)N(C)C(C)C(C)C. The molecule has 0 bridgehead atoms. The molecule has 19 heavy (non-hydrogen) atoms. The van der Waals surface area contributed by atoms with Crippen molar-refractivity contribution in [2.24, 2.45) is 5.92 Å². The number of nitrogens with one attached hydrogen (secondary N) is 1. The van der Waals surface area contributed by atoms with Crippen molar-refractivity contribution in [1.82, 2.24) is 14.5 Å². The fourth-order valence-electron chi connectivity index (χ4n) is 1.66. The minimum Gasteiger partial charge on any atom is -0.476 e. The van der Waals surface area contributed by atoms with E-state index in [4.69, 9.17) is 5.11 Å². The highest BCUT2D eigenvalue weighted by Gasteiger charge is 2.34. The van der Waals surface area contributed by atoms with Crippen molar-refractivity contribution in [3.05, 3.63) is 11.4 Å². The molecule has 0 aliphatic heterocycles. The molecule has 0 spiro atoms. The monoisotopic (exact) mass is 289 g/mol. The van der Waals surface area contributed by atoms with Crippen LogP contribution in [0.1, 0.15) is 37.0 Å². The fourth-order valence-corrected chi connectivity index (χ4v) is 3.44. The Morgan fingerprint density at radius 2 is 1.89 bits per heavy atom. The molecule has 0 saturated heterocycles. The highest BCUT2D eigenvalue weighted by atomic mass is 32.2. The van der Waals surface area contributed by atoms with Gasteiger partial charge in [-0.05, 0) is 19.8 Å². The van der Waals surface area contributed by atoms with Crippen molar-refractivity contribution < 1.29 is 18.3 Å². The van der Waals surface area contributed by atoms with E-state index in [-0.39, 0.29) is 22.5 Å². The number of aromatic nitrogens is 2. The largest absolute Gasteiger partial charge is 0.476 e. The van der Waals surface area contributed by atoms with Gasteiger partial charge in [-0.2, -0.15) is 9.40 Å². The summed E-state index contributed by atoms with van der Waals surface area (Å²) in [4.78, 5) is 10.8. The quantitative estimate of drug-likeness (QED) is 0.844. The standard InChI is InChI=1S/C11H19N3O4S/c1-6(2)8(4)14(5)19(17,18)10-7(3)12-13-9(10)11(15)16/h6,8H,1-5H3,(H,12,13)(H,15,16). The lowest BCUT2D eigenvalue weighted by Crippen LogP contribution is -2.38. The average Bonchev–Trinajstić information content (AvgIpc) is 2.69. The van der Waals surface area contributed by atoms with Crippen LogP contribution in [0.25, 0.3) is 0 Å². The van der Waals surface area contributed by atoms with Gasteiger partial charge < -0.3 is 5.11 Å². The molecule has 0 fully saturated rings. The summed E-state index contributed by atoms with van der Waals surface area (Å²) >= 11 is 0. The van der Waals surface area contributed by atoms with Gasteiger partial charge in [0, 0.05) is 13.1 Å². The van der Waals surface area contributed by atoms with Gasteiger partial charge in [0.2, 0.25) is 10.0 Å². The van der Waals surface area contributed by atoms with Crippen molar-refractivity contribution >= 4 is 16.0 Å². The van der Waals surface area contributed by atoms with E-state index in [9.17, 15) is 13.2 Å². The Bertz CT molecular complexity index is 577. The van der Waals surface area contributed by atoms with Crippen LogP contribution < -0.4 is 0 Å². The van der Waals surface area contributed by atoms with E-state index in [2.05, 4.69) is 10.2 Å². The molecule has 7 nitrogen and oxygen atoms in total. The lowest BCUT2D eigenvalue weighted by Gasteiger charge is -2.27. The first kappa shape index (κ1) is 15.6. The van der Waals surface area contributed by atoms with E-state index < -0.39 is 21.7 Å². The number of carboxylic acids is 1. The van der Waals surface area contributed by atoms with Crippen LogP contribution in [0.4, 0.5) is 0 Å². The lowest BCUT2D eigenvalue weighted by atomic mass is 10.1. The molecule has 2 N–H and O–H groups in total. The van der Waals surface area contributed by atoms with E-state index in [1.54, 1.807) is 6.92 Å². The van der Waals surface area contributed by atoms with E-state index >= 15 is 0 Å². The second kappa shape index (κ2) is 5.30. The Morgan fingerprint density at radius 3 is 2.32 bits per heavy atom. The molecule has 1 unspecified atom stereocenters. The summed E-state index contributed by atoms with van der Waals surface area (Å²) in [5, 5.41) is 15.0. The molecule has 0 saturated carbocycles. The molecule has 1 aromatic rings. The van der Waals surface area contributed by atoms with Crippen LogP contribution in [0.15, 0.2) is 4.90 Å². The normalized spacial score (nSPS) is 14.1. The molecule has 0 aliphatic rings. The summed E-state index contributed by atoms with van der Waals surface area (Å²) < 4.78 is 26.2. The number of H-pyrrole nitrogens is 1.